The highest BCUT2D eigenvalue weighted by atomic mass is 16.2. The molecule has 0 bridgehead atoms. The molecule has 3 rings (SSSR count). The molecule has 2 aliphatic heterocycles. The van der Waals surface area contributed by atoms with Crippen LogP contribution in [0.25, 0.3) is 0 Å². The van der Waals surface area contributed by atoms with Crippen molar-refractivity contribution in [1.29, 1.82) is 0 Å². The Labute approximate surface area is 117 Å². The topological polar surface area (TPSA) is 23.6 Å². The van der Waals surface area contributed by atoms with E-state index >= 15 is 0 Å². The van der Waals surface area contributed by atoms with Crippen molar-refractivity contribution in [2.24, 2.45) is 5.92 Å². The smallest absolute Gasteiger partial charge is 0.225 e. The lowest BCUT2D eigenvalue weighted by Crippen LogP contribution is -2.49. The van der Waals surface area contributed by atoms with Crippen LogP contribution in [0.4, 0.5) is 0 Å². The summed E-state index contributed by atoms with van der Waals surface area (Å²) in [6.45, 7) is 2.23. The molecule has 0 aromatic carbocycles. The van der Waals surface area contributed by atoms with Crippen LogP contribution in [0.3, 0.4) is 0 Å². The zero-order valence-electron chi connectivity index (χ0n) is 12.3. The molecule has 1 aliphatic carbocycles. The molecule has 1 saturated carbocycles. The van der Waals surface area contributed by atoms with Gasteiger partial charge in [0.1, 0.15) is 0 Å². The largest absolute Gasteiger partial charge is 0.338 e. The summed E-state index contributed by atoms with van der Waals surface area (Å²) in [5, 5.41) is 0. The van der Waals surface area contributed by atoms with E-state index in [0.29, 0.717) is 23.9 Å². The van der Waals surface area contributed by atoms with Gasteiger partial charge in [-0.15, -0.1) is 0 Å². The van der Waals surface area contributed by atoms with Crippen LogP contribution in [0.15, 0.2) is 0 Å². The monoisotopic (exact) mass is 264 g/mol. The maximum Gasteiger partial charge on any atom is 0.225 e. The molecule has 3 fully saturated rings. The third kappa shape index (κ3) is 2.67. The predicted octanol–water partition coefficient (Wildman–Crippen LogP) is 2.65. The molecule has 0 aromatic rings. The van der Waals surface area contributed by atoms with Crippen LogP contribution in [0.2, 0.25) is 0 Å². The number of hydrogen-bond acceptors (Lipinski definition) is 2. The van der Waals surface area contributed by atoms with Gasteiger partial charge in [-0.25, -0.2) is 0 Å². The van der Waals surface area contributed by atoms with Gasteiger partial charge in [0.25, 0.3) is 0 Å². The van der Waals surface area contributed by atoms with Crippen LogP contribution in [0, 0.1) is 5.92 Å². The molecule has 0 unspecified atom stereocenters. The first kappa shape index (κ1) is 13.4. The molecule has 2 saturated heterocycles. The number of likely N-dealkylation sites (N-methyl/N-ethyl adjacent to an activating group) is 1. The van der Waals surface area contributed by atoms with Gasteiger partial charge >= 0.3 is 0 Å². The summed E-state index contributed by atoms with van der Waals surface area (Å²) in [4.78, 5) is 17.5. The van der Waals surface area contributed by atoms with E-state index in [9.17, 15) is 4.79 Å². The molecule has 1 amide bonds. The minimum atomic E-state index is 0.348. The number of rotatable bonds is 2. The van der Waals surface area contributed by atoms with Gasteiger partial charge in [-0.2, -0.15) is 0 Å². The van der Waals surface area contributed by atoms with Crippen LogP contribution in [0.1, 0.15) is 57.8 Å². The van der Waals surface area contributed by atoms with Gasteiger partial charge in [-0.3, -0.25) is 4.79 Å². The maximum absolute atomic E-state index is 12.8. The first-order chi connectivity index (χ1) is 9.27. The molecule has 0 N–H and O–H groups in total. The van der Waals surface area contributed by atoms with Crippen molar-refractivity contribution < 1.29 is 4.79 Å². The summed E-state index contributed by atoms with van der Waals surface area (Å²) in [5.41, 5.74) is 0. The number of carbonyl (C=O) groups is 1. The highest BCUT2D eigenvalue weighted by molar-refractivity contribution is 5.79. The number of likely N-dealkylation sites (tertiary alicyclic amines) is 2. The standard InChI is InChI=1S/C16H28N2O/c1-17-11-5-9-14(17)15-10-6-12-18(15)16(19)13-7-3-2-4-8-13/h13-15H,2-12H2,1H3/t14-,15-/m1/s1. The van der Waals surface area contributed by atoms with Crippen LogP contribution in [0.5, 0.6) is 0 Å². The quantitative estimate of drug-likeness (QED) is 0.765. The molecule has 0 radical (unpaired) electrons. The molecule has 3 aliphatic rings. The summed E-state index contributed by atoms with van der Waals surface area (Å²) in [5.74, 6) is 0.837. The number of hydrogen-bond donors (Lipinski definition) is 0. The number of nitrogens with zero attached hydrogens (tertiary/aromatic N) is 2. The van der Waals surface area contributed by atoms with Gasteiger partial charge < -0.3 is 9.80 Å². The fraction of sp³-hybridized carbons (Fsp3) is 0.938. The van der Waals surface area contributed by atoms with Crippen LogP contribution in [-0.4, -0.2) is 47.9 Å². The van der Waals surface area contributed by atoms with Crippen molar-refractivity contribution in [2.75, 3.05) is 20.1 Å². The Morgan fingerprint density at radius 3 is 2.21 bits per heavy atom. The Kier molecular flexibility index (Phi) is 4.11. The lowest BCUT2D eigenvalue weighted by Gasteiger charge is -2.36. The van der Waals surface area contributed by atoms with Crippen LogP contribution < -0.4 is 0 Å². The Morgan fingerprint density at radius 1 is 0.842 bits per heavy atom. The normalized spacial score (nSPS) is 34.1. The average Bonchev–Trinajstić information content (AvgIpc) is 3.07. The molecular formula is C16H28N2O. The molecule has 0 spiro atoms. The van der Waals surface area contributed by atoms with Crippen molar-refractivity contribution >= 4 is 5.91 Å². The lowest BCUT2D eigenvalue weighted by atomic mass is 9.88. The van der Waals surface area contributed by atoms with Gasteiger partial charge in [0, 0.05) is 24.5 Å². The van der Waals surface area contributed by atoms with Crippen molar-refractivity contribution in [1.82, 2.24) is 9.80 Å². The average molecular weight is 264 g/mol. The minimum absolute atomic E-state index is 0.348. The first-order valence-electron chi connectivity index (χ1n) is 8.28. The van der Waals surface area contributed by atoms with Gasteiger partial charge in [0.05, 0.1) is 0 Å². The van der Waals surface area contributed by atoms with E-state index in [-0.39, 0.29) is 0 Å². The number of carbonyl (C=O) groups excluding carboxylic acids is 1. The molecular weight excluding hydrogens is 236 g/mol. The highest BCUT2D eigenvalue weighted by Crippen LogP contribution is 2.33. The molecule has 3 nitrogen and oxygen atoms in total. The summed E-state index contributed by atoms with van der Waals surface area (Å²) in [7, 11) is 2.24. The molecule has 3 heteroatoms. The first-order valence-corrected chi connectivity index (χ1v) is 8.28. The second-order valence-corrected chi connectivity index (χ2v) is 6.77. The van der Waals surface area contributed by atoms with Gasteiger partial charge in [0.2, 0.25) is 5.91 Å². The summed E-state index contributed by atoms with van der Waals surface area (Å²) in [6, 6.07) is 1.15. The van der Waals surface area contributed by atoms with Gasteiger partial charge in [-0.1, -0.05) is 19.3 Å². The maximum atomic E-state index is 12.8. The van der Waals surface area contributed by atoms with Gasteiger partial charge in [-0.05, 0) is 52.1 Å². The van der Waals surface area contributed by atoms with Gasteiger partial charge in [0.15, 0.2) is 0 Å². The van der Waals surface area contributed by atoms with E-state index < -0.39 is 0 Å². The van der Waals surface area contributed by atoms with Crippen molar-refractivity contribution in [2.45, 2.75) is 69.9 Å². The zero-order valence-corrected chi connectivity index (χ0v) is 12.3. The second-order valence-electron chi connectivity index (χ2n) is 6.77. The molecule has 2 heterocycles. The van der Waals surface area contributed by atoms with Crippen molar-refractivity contribution in [3.05, 3.63) is 0 Å². The third-order valence-corrected chi connectivity index (χ3v) is 5.56. The fourth-order valence-corrected chi connectivity index (χ4v) is 4.47. The molecule has 2 atom stereocenters. The minimum Gasteiger partial charge on any atom is -0.338 e. The third-order valence-electron chi connectivity index (χ3n) is 5.56. The molecule has 0 aromatic heterocycles. The molecule has 19 heavy (non-hydrogen) atoms. The Hall–Kier alpha value is -0.570. The SMILES string of the molecule is CN1CCC[C@@H]1[C@H]1CCCN1C(=O)C1CCCCC1. The summed E-state index contributed by atoms with van der Waals surface area (Å²) in [6.07, 6.45) is 11.2. The van der Waals surface area contributed by atoms with E-state index in [1.165, 1.54) is 51.5 Å². The Morgan fingerprint density at radius 2 is 1.53 bits per heavy atom. The Balaban J connectivity index is 1.66. The van der Waals surface area contributed by atoms with Crippen molar-refractivity contribution in [3.63, 3.8) is 0 Å². The second kappa shape index (κ2) is 5.82. The summed E-state index contributed by atoms with van der Waals surface area (Å²) >= 11 is 0. The number of amides is 1. The van der Waals surface area contributed by atoms with Crippen LogP contribution in [-0.2, 0) is 4.79 Å². The Bertz CT molecular complexity index is 325. The fourth-order valence-electron chi connectivity index (χ4n) is 4.47. The zero-order chi connectivity index (χ0) is 13.2. The van der Waals surface area contributed by atoms with Crippen molar-refractivity contribution in [3.8, 4) is 0 Å². The predicted molar refractivity (Wildman–Crippen MR) is 77.0 cm³/mol. The highest BCUT2D eigenvalue weighted by Gasteiger charge is 2.40. The van der Waals surface area contributed by atoms with E-state index in [4.69, 9.17) is 0 Å². The van der Waals surface area contributed by atoms with E-state index in [2.05, 4.69) is 16.8 Å². The van der Waals surface area contributed by atoms with E-state index in [1.54, 1.807) is 0 Å². The molecule has 108 valence electrons. The van der Waals surface area contributed by atoms with E-state index in [1.807, 2.05) is 0 Å². The van der Waals surface area contributed by atoms with E-state index in [0.717, 1.165) is 19.4 Å². The lowest BCUT2D eigenvalue weighted by molar-refractivity contribution is -0.138. The van der Waals surface area contributed by atoms with Crippen LogP contribution >= 0.6 is 0 Å². The summed E-state index contributed by atoms with van der Waals surface area (Å²) < 4.78 is 0.